The van der Waals surface area contributed by atoms with Crippen molar-refractivity contribution in [2.45, 2.75) is 45.2 Å². The Balaban J connectivity index is 1.77. The molecule has 1 amide bonds. The Morgan fingerprint density at radius 1 is 1.10 bits per heavy atom. The first kappa shape index (κ1) is 20.7. The van der Waals surface area contributed by atoms with Crippen LogP contribution in [0.3, 0.4) is 0 Å². The molecule has 8 nitrogen and oxygen atoms in total. The fourth-order valence-electron chi connectivity index (χ4n) is 4.16. The molecule has 0 saturated heterocycles. The molecule has 0 aliphatic heterocycles. The van der Waals surface area contributed by atoms with E-state index in [-0.39, 0.29) is 36.4 Å². The monoisotopic (exact) mass is 422 g/mol. The number of amides is 1. The van der Waals surface area contributed by atoms with Crippen molar-refractivity contribution < 1.29 is 9.21 Å². The van der Waals surface area contributed by atoms with Gasteiger partial charge in [0.05, 0.1) is 19.4 Å². The van der Waals surface area contributed by atoms with Crippen LogP contribution in [0.2, 0.25) is 0 Å². The van der Waals surface area contributed by atoms with Crippen LogP contribution in [0.25, 0.3) is 0 Å². The van der Waals surface area contributed by atoms with Crippen molar-refractivity contribution >= 4 is 17.4 Å². The zero-order valence-electron chi connectivity index (χ0n) is 17.3. The molecular weight excluding hydrogens is 396 g/mol. The van der Waals surface area contributed by atoms with Crippen LogP contribution >= 0.6 is 0 Å². The van der Waals surface area contributed by atoms with E-state index in [4.69, 9.17) is 10.2 Å². The Hall–Kier alpha value is -3.55. The van der Waals surface area contributed by atoms with Crippen molar-refractivity contribution in [3.05, 3.63) is 80.9 Å². The largest absolute Gasteiger partial charge is 0.467 e. The number of aromatic nitrogens is 2. The molecule has 0 bridgehead atoms. The molecule has 0 spiro atoms. The third-order valence-electron chi connectivity index (χ3n) is 5.78. The summed E-state index contributed by atoms with van der Waals surface area (Å²) in [5.41, 5.74) is 5.90. The topological polar surface area (TPSA) is 114 Å². The highest BCUT2D eigenvalue weighted by atomic mass is 16.3. The van der Waals surface area contributed by atoms with Crippen molar-refractivity contribution in [2.24, 2.45) is 5.92 Å². The average molecular weight is 422 g/mol. The number of hydrogen-bond donors (Lipinski definition) is 2. The number of carbonyl (C=O) groups excluding carboxylic acids is 1. The van der Waals surface area contributed by atoms with Crippen LogP contribution in [0.4, 0.5) is 11.5 Å². The molecule has 8 heteroatoms. The summed E-state index contributed by atoms with van der Waals surface area (Å²) in [6.07, 6.45) is 6.12. The van der Waals surface area contributed by atoms with E-state index >= 15 is 0 Å². The fourth-order valence-corrected chi connectivity index (χ4v) is 4.16. The number of benzene rings is 1. The number of nitrogens with two attached hydrogens (primary N) is 1. The Bertz CT molecular complexity index is 1140. The first-order valence-corrected chi connectivity index (χ1v) is 10.5. The first-order valence-electron chi connectivity index (χ1n) is 10.5. The lowest BCUT2D eigenvalue weighted by atomic mass is 9.88. The molecule has 1 aliphatic carbocycles. The maximum atomic E-state index is 13.5. The lowest BCUT2D eigenvalue weighted by Crippen LogP contribution is -2.43. The molecule has 2 heterocycles. The fraction of sp³-hybridized carbons (Fsp3) is 0.348. The van der Waals surface area contributed by atoms with E-state index < -0.39 is 11.2 Å². The second-order valence-electron chi connectivity index (χ2n) is 7.90. The van der Waals surface area contributed by atoms with E-state index in [1.807, 2.05) is 30.3 Å². The third-order valence-corrected chi connectivity index (χ3v) is 5.78. The summed E-state index contributed by atoms with van der Waals surface area (Å²) < 4.78 is 6.72. The number of furan rings is 1. The van der Waals surface area contributed by atoms with Crippen molar-refractivity contribution in [1.29, 1.82) is 0 Å². The molecule has 2 aromatic heterocycles. The zero-order valence-corrected chi connectivity index (χ0v) is 17.3. The van der Waals surface area contributed by atoms with Gasteiger partial charge in [-0.15, -0.1) is 0 Å². The Labute approximate surface area is 179 Å². The summed E-state index contributed by atoms with van der Waals surface area (Å²) >= 11 is 0. The number of anilines is 2. The lowest BCUT2D eigenvalue weighted by molar-refractivity contribution is -0.123. The summed E-state index contributed by atoms with van der Waals surface area (Å²) in [6, 6.07) is 12.8. The SMILES string of the molecule is Nc1c(N(Cc2ccco2)C(=O)C2CCCCC2)c(=O)[nH]c(=O)n1Cc1ccccc1. The number of nitrogens with one attached hydrogen (secondary N) is 1. The van der Waals surface area contributed by atoms with Gasteiger partial charge in [-0.25, -0.2) is 4.79 Å². The smallest absolute Gasteiger partial charge is 0.330 e. The third kappa shape index (κ3) is 4.47. The molecule has 1 aromatic carbocycles. The Kier molecular flexibility index (Phi) is 6.06. The highest BCUT2D eigenvalue weighted by Crippen LogP contribution is 2.29. The molecule has 0 atom stereocenters. The highest BCUT2D eigenvalue weighted by Gasteiger charge is 2.31. The summed E-state index contributed by atoms with van der Waals surface area (Å²) in [7, 11) is 0. The molecule has 4 rings (SSSR count). The van der Waals surface area contributed by atoms with Crippen molar-refractivity contribution in [3.63, 3.8) is 0 Å². The summed E-state index contributed by atoms with van der Waals surface area (Å²) in [5.74, 6) is 0.146. The number of nitrogen functional groups attached to an aromatic ring is 1. The van der Waals surface area contributed by atoms with Gasteiger partial charge in [0.25, 0.3) is 5.56 Å². The van der Waals surface area contributed by atoms with Crippen LogP contribution < -0.4 is 21.9 Å². The lowest BCUT2D eigenvalue weighted by Gasteiger charge is -2.29. The van der Waals surface area contributed by atoms with E-state index in [0.29, 0.717) is 5.76 Å². The molecule has 31 heavy (non-hydrogen) atoms. The quantitative estimate of drug-likeness (QED) is 0.634. The van der Waals surface area contributed by atoms with E-state index in [9.17, 15) is 14.4 Å². The van der Waals surface area contributed by atoms with Gasteiger partial charge in [0.2, 0.25) is 5.91 Å². The summed E-state index contributed by atoms with van der Waals surface area (Å²) in [4.78, 5) is 42.6. The molecular formula is C23H26N4O4. The van der Waals surface area contributed by atoms with Gasteiger partial charge in [0.1, 0.15) is 11.6 Å². The minimum atomic E-state index is -0.678. The van der Waals surface area contributed by atoms with E-state index in [1.54, 1.807) is 12.1 Å². The molecule has 162 valence electrons. The van der Waals surface area contributed by atoms with Crippen LogP contribution in [0, 0.1) is 5.92 Å². The predicted octanol–water partition coefficient (Wildman–Crippen LogP) is 2.87. The molecule has 3 N–H and O–H groups in total. The van der Waals surface area contributed by atoms with E-state index in [2.05, 4.69) is 4.98 Å². The van der Waals surface area contributed by atoms with Crippen LogP contribution in [-0.2, 0) is 17.9 Å². The van der Waals surface area contributed by atoms with Gasteiger partial charge in [-0.1, -0.05) is 49.6 Å². The molecule has 1 saturated carbocycles. The minimum Gasteiger partial charge on any atom is -0.467 e. The molecule has 1 fully saturated rings. The standard InChI is InChI=1S/C23H26N4O4/c24-20-19(21(28)25-23(30)27(20)14-16-8-3-1-4-9-16)26(15-18-12-7-13-31-18)22(29)17-10-5-2-6-11-17/h1,3-4,7-9,12-13,17H,2,5-6,10-11,14-15,24H2,(H,25,28,30). The number of H-pyrrole nitrogens is 1. The second-order valence-corrected chi connectivity index (χ2v) is 7.90. The molecule has 0 unspecified atom stereocenters. The summed E-state index contributed by atoms with van der Waals surface area (Å²) in [5, 5.41) is 0. The van der Waals surface area contributed by atoms with Gasteiger partial charge < -0.3 is 10.2 Å². The van der Waals surface area contributed by atoms with Crippen molar-refractivity contribution in [2.75, 3.05) is 10.6 Å². The van der Waals surface area contributed by atoms with Gasteiger partial charge in [0, 0.05) is 5.92 Å². The van der Waals surface area contributed by atoms with Crippen molar-refractivity contribution in [3.8, 4) is 0 Å². The molecule has 1 aliphatic rings. The number of nitrogens with zero attached hydrogens (tertiary/aromatic N) is 2. The average Bonchev–Trinajstić information content (AvgIpc) is 3.30. The summed E-state index contributed by atoms with van der Waals surface area (Å²) in [6.45, 7) is 0.251. The van der Waals surface area contributed by atoms with E-state index in [1.165, 1.54) is 15.7 Å². The normalized spacial score (nSPS) is 14.5. The van der Waals surface area contributed by atoms with Gasteiger partial charge in [-0.05, 0) is 30.5 Å². The molecule has 3 aromatic rings. The predicted molar refractivity (Wildman–Crippen MR) is 118 cm³/mol. The van der Waals surface area contributed by atoms with Crippen LogP contribution in [0.15, 0.2) is 62.7 Å². The van der Waals surface area contributed by atoms with E-state index in [0.717, 1.165) is 37.7 Å². The highest BCUT2D eigenvalue weighted by molar-refractivity contribution is 5.97. The van der Waals surface area contributed by atoms with Crippen LogP contribution in [-0.4, -0.2) is 15.5 Å². The first-order chi connectivity index (χ1) is 15.0. The van der Waals surface area contributed by atoms with Gasteiger partial charge in [0.15, 0.2) is 5.69 Å². The number of aromatic amines is 1. The maximum absolute atomic E-state index is 13.5. The Morgan fingerprint density at radius 2 is 1.84 bits per heavy atom. The number of carbonyl (C=O) groups is 1. The maximum Gasteiger partial charge on any atom is 0.330 e. The Morgan fingerprint density at radius 3 is 2.52 bits per heavy atom. The number of hydrogen-bond acceptors (Lipinski definition) is 5. The zero-order chi connectivity index (χ0) is 21.8. The van der Waals surface area contributed by atoms with Crippen LogP contribution in [0.5, 0.6) is 0 Å². The van der Waals surface area contributed by atoms with Gasteiger partial charge >= 0.3 is 5.69 Å². The molecule has 0 radical (unpaired) electrons. The van der Waals surface area contributed by atoms with Crippen LogP contribution in [0.1, 0.15) is 43.4 Å². The second kappa shape index (κ2) is 9.07. The van der Waals surface area contributed by atoms with Gasteiger partial charge in [-0.2, -0.15) is 0 Å². The minimum absolute atomic E-state index is 0.0116. The number of rotatable bonds is 6. The van der Waals surface area contributed by atoms with Gasteiger partial charge in [-0.3, -0.25) is 24.0 Å². The van der Waals surface area contributed by atoms with Crippen molar-refractivity contribution in [1.82, 2.24) is 9.55 Å².